The van der Waals surface area contributed by atoms with Crippen LogP contribution in [0.5, 0.6) is 0 Å². The molecule has 0 aromatic heterocycles. The lowest BCUT2D eigenvalue weighted by atomic mass is 10.1. The van der Waals surface area contributed by atoms with Crippen molar-refractivity contribution in [2.45, 2.75) is 212 Å². The first kappa shape index (κ1) is 45.9. The van der Waals surface area contributed by atoms with E-state index in [1.54, 1.807) is 0 Å². The van der Waals surface area contributed by atoms with Crippen LogP contribution >= 0.6 is 0 Å². The first-order chi connectivity index (χ1) is 23.4. The van der Waals surface area contributed by atoms with Crippen molar-refractivity contribution < 1.29 is 24.2 Å². The zero-order valence-electron chi connectivity index (χ0n) is 31.3. The number of carboxylic acids is 1. The summed E-state index contributed by atoms with van der Waals surface area (Å²) in [6, 6.07) is -0.868. The lowest BCUT2D eigenvalue weighted by Gasteiger charge is -2.15. The van der Waals surface area contributed by atoms with E-state index in [1.807, 2.05) is 0 Å². The van der Waals surface area contributed by atoms with E-state index in [0.29, 0.717) is 38.6 Å². The summed E-state index contributed by atoms with van der Waals surface area (Å²) in [7, 11) is 0. The average Bonchev–Trinajstić information content (AvgIpc) is 3.07. The molecule has 48 heavy (non-hydrogen) atoms. The van der Waals surface area contributed by atoms with Crippen LogP contribution in [0.4, 0.5) is 0 Å². The van der Waals surface area contributed by atoms with Crippen LogP contribution in [0.15, 0.2) is 24.3 Å². The summed E-state index contributed by atoms with van der Waals surface area (Å²) in [5, 5.41) is 11.9. The topological polar surface area (TPSA) is 119 Å². The van der Waals surface area contributed by atoms with E-state index in [-0.39, 0.29) is 18.0 Å². The van der Waals surface area contributed by atoms with Crippen molar-refractivity contribution in [2.75, 3.05) is 6.54 Å². The molecule has 0 saturated carbocycles. The second kappa shape index (κ2) is 36.1. The van der Waals surface area contributed by atoms with Gasteiger partial charge >= 0.3 is 11.9 Å². The van der Waals surface area contributed by atoms with Crippen LogP contribution in [0.1, 0.15) is 200 Å². The van der Waals surface area contributed by atoms with E-state index in [9.17, 15) is 19.5 Å². The molecule has 0 fully saturated rings. The Morgan fingerprint density at radius 1 is 0.604 bits per heavy atom. The first-order valence-electron chi connectivity index (χ1n) is 20.2. The SMILES string of the molecule is CCCCCC/C=C\C(CCCCCCC(=O)NC(CCCN)C(=O)O)OC(=O)CCCCCCCCC/C=C\CCCCCCCC. The van der Waals surface area contributed by atoms with Crippen molar-refractivity contribution in [1.29, 1.82) is 0 Å². The predicted molar refractivity (Wildman–Crippen MR) is 202 cm³/mol. The summed E-state index contributed by atoms with van der Waals surface area (Å²) in [6.45, 7) is 4.89. The second-order valence-corrected chi connectivity index (χ2v) is 13.7. The second-order valence-electron chi connectivity index (χ2n) is 13.7. The highest BCUT2D eigenvalue weighted by Crippen LogP contribution is 2.15. The van der Waals surface area contributed by atoms with Gasteiger partial charge in [0, 0.05) is 12.8 Å². The van der Waals surface area contributed by atoms with Gasteiger partial charge in [-0.3, -0.25) is 9.59 Å². The number of hydrogen-bond donors (Lipinski definition) is 3. The smallest absolute Gasteiger partial charge is 0.326 e. The van der Waals surface area contributed by atoms with Crippen LogP contribution in [0.25, 0.3) is 0 Å². The molecule has 0 aliphatic rings. The molecule has 280 valence electrons. The number of unbranched alkanes of at least 4 members (excludes halogenated alkanes) is 20. The maximum atomic E-state index is 12.6. The standard InChI is InChI=1S/C41H76N2O5/c1-3-5-7-9-11-12-13-14-15-16-17-18-19-20-21-23-29-35-40(45)48-37(31-26-22-10-8-6-4-2)32-27-24-25-28-34-39(44)43-38(41(46)47)33-30-36-42/h14-15,26,31,37-38H,3-13,16-25,27-30,32-36,42H2,1-2H3,(H,43,44)(H,46,47)/b15-14-,31-26-. The van der Waals surface area contributed by atoms with E-state index in [2.05, 4.69) is 43.5 Å². The fraction of sp³-hybridized carbons (Fsp3) is 0.829. The summed E-state index contributed by atoms with van der Waals surface area (Å²) in [4.78, 5) is 36.2. The molecular weight excluding hydrogens is 600 g/mol. The zero-order chi connectivity index (χ0) is 35.3. The molecule has 1 amide bonds. The van der Waals surface area contributed by atoms with Gasteiger partial charge in [-0.05, 0) is 89.7 Å². The van der Waals surface area contributed by atoms with E-state index in [0.717, 1.165) is 51.4 Å². The van der Waals surface area contributed by atoms with E-state index in [1.165, 1.54) is 103 Å². The highest BCUT2D eigenvalue weighted by atomic mass is 16.5. The summed E-state index contributed by atoms with van der Waals surface area (Å²) < 4.78 is 5.89. The average molecular weight is 677 g/mol. The molecule has 0 aliphatic carbocycles. The summed E-state index contributed by atoms with van der Waals surface area (Å²) >= 11 is 0. The van der Waals surface area contributed by atoms with Crippen molar-refractivity contribution in [3.63, 3.8) is 0 Å². The van der Waals surface area contributed by atoms with Crippen LogP contribution in [-0.2, 0) is 19.1 Å². The number of aliphatic carboxylic acids is 1. The molecule has 4 N–H and O–H groups in total. The number of carbonyl (C=O) groups is 3. The lowest BCUT2D eigenvalue weighted by molar-refractivity contribution is -0.147. The quantitative estimate of drug-likeness (QED) is 0.0345. The summed E-state index contributed by atoms with van der Waals surface area (Å²) in [6.07, 6.45) is 39.6. The Morgan fingerprint density at radius 2 is 1.08 bits per heavy atom. The van der Waals surface area contributed by atoms with Crippen molar-refractivity contribution in [3.05, 3.63) is 24.3 Å². The minimum absolute atomic E-state index is 0.0947. The van der Waals surface area contributed by atoms with Gasteiger partial charge in [0.15, 0.2) is 0 Å². The van der Waals surface area contributed by atoms with Gasteiger partial charge < -0.3 is 20.9 Å². The first-order valence-corrected chi connectivity index (χ1v) is 20.2. The number of carboxylic acid groups (broad SMARTS) is 1. The molecule has 0 aromatic carbocycles. The summed E-state index contributed by atoms with van der Waals surface area (Å²) in [5.74, 6) is -1.33. The predicted octanol–water partition coefficient (Wildman–Crippen LogP) is 10.9. The Balaban J connectivity index is 4.15. The Bertz CT molecular complexity index is 813. The van der Waals surface area contributed by atoms with Crippen LogP contribution in [0.2, 0.25) is 0 Å². The minimum Gasteiger partial charge on any atom is -0.480 e. The third kappa shape index (κ3) is 32.4. The monoisotopic (exact) mass is 677 g/mol. The maximum Gasteiger partial charge on any atom is 0.326 e. The van der Waals surface area contributed by atoms with Crippen molar-refractivity contribution in [1.82, 2.24) is 5.32 Å². The molecule has 0 rings (SSSR count). The van der Waals surface area contributed by atoms with Gasteiger partial charge in [-0.15, -0.1) is 0 Å². The number of allylic oxidation sites excluding steroid dienone is 3. The third-order valence-electron chi connectivity index (χ3n) is 8.97. The molecule has 7 heteroatoms. The van der Waals surface area contributed by atoms with Gasteiger partial charge in [0.05, 0.1) is 0 Å². The largest absolute Gasteiger partial charge is 0.480 e. The van der Waals surface area contributed by atoms with Crippen LogP contribution < -0.4 is 11.1 Å². The molecule has 0 aromatic rings. The number of esters is 1. The van der Waals surface area contributed by atoms with Gasteiger partial charge in [-0.25, -0.2) is 4.79 Å². The number of amides is 1. The van der Waals surface area contributed by atoms with Gasteiger partial charge in [0.1, 0.15) is 12.1 Å². The molecule has 0 aliphatic heterocycles. The van der Waals surface area contributed by atoms with Crippen molar-refractivity contribution >= 4 is 17.8 Å². The minimum atomic E-state index is -1.01. The molecule has 0 saturated heterocycles. The zero-order valence-corrected chi connectivity index (χ0v) is 31.3. The number of nitrogens with two attached hydrogens (primary N) is 1. The highest BCUT2D eigenvalue weighted by Gasteiger charge is 2.19. The van der Waals surface area contributed by atoms with Gasteiger partial charge in [-0.2, -0.15) is 0 Å². The third-order valence-corrected chi connectivity index (χ3v) is 8.97. The number of hydrogen-bond acceptors (Lipinski definition) is 5. The molecule has 0 radical (unpaired) electrons. The van der Waals surface area contributed by atoms with Crippen molar-refractivity contribution in [2.24, 2.45) is 5.73 Å². The molecule has 0 bridgehead atoms. The van der Waals surface area contributed by atoms with E-state index >= 15 is 0 Å². The number of nitrogens with one attached hydrogen (secondary N) is 1. The molecular formula is C41H76N2O5. The van der Waals surface area contributed by atoms with Gasteiger partial charge in [0.25, 0.3) is 0 Å². The normalized spacial score (nSPS) is 12.9. The number of rotatable bonds is 36. The molecule has 7 nitrogen and oxygen atoms in total. The Morgan fingerprint density at radius 3 is 1.65 bits per heavy atom. The fourth-order valence-corrected chi connectivity index (χ4v) is 5.88. The highest BCUT2D eigenvalue weighted by molar-refractivity contribution is 5.83. The number of carbonyl (C=O) groups excluding carboxylic acids is 2. The lowest BCUT2D eigenvalue weighted by Crippen LogP contribution is -2.40. The number of ether oxygens (including phenoxy) is 1. The van der Waals surface area contributed by atoms with Gasteiger partial charge in [0.2, 0.25) is 5.91 Å². The summed E-state index contributed by atoms with van der Waals surface area (Å²) in [5.41, 5.74) is 5.47. The van der Waals surface area contributed by atoms with Crippen LogP contribution in [0, 0.1) is 0 Å². The van der Waals surface area contributed by atoms with Crippen LogP contribution in [-0.4, -0.2) is 41.6 Å². The van der Waals surface area contributed by atoms with E-state index in [4.69, 9.17) is 10.5 Å². The fourth-order valence-electron chi connectivity index (χ4n) is 5.88. The van der Waals surface area contributed by atoms with Crippen molar-refractivity contribution in [3.8, 4) is 0 Å². The molecule has 2 unspecified atom stereocenters. The molecule has 0 heterocycles. The molecule has 0 spiro atoms. The van der Waals surface area contributed by atoms with E-state index < -0.39 is 12.0 Å². The Hall–Kier alpha value is -2.15. The molecule has 2 atom stereocenters. The maximum absolute atomic E-state index is 12.6. The Labute approximate surface area is 295 Å². The Kier molecular flexibility index (Phi) is 34.5. The van der Waals surface area contributed by atoms with Gasteiger partial charge in [-0.1, -0.05) is 128 Å². The van der Waals surface area contributed by atoms with Crippen LogP contribution in [0.3, 0.4) is 0 Å².